The molecule has 0 saturated carbocycles. The fourth-order valence-electron chi connectivity index (χ4n) is 1.79. The number of carbonyl (C=O) groups excluding carboxylic acids is 1. The number of nitrogens with zero attached hydrogens (tertiary/aromatic N) is 1. The highest BCUT2D eigenvalue weighted by Crippen LogP contribution is 2.23. The van der Waals surface area contributed by atoms with Crippen LogP contribution in [0.3, 0.4) is 0 Å². The summed E-state index contributed by atoms with van der Waals surface area (Å²) in [7, 11) is 1.85. The minimum Gasteiger partial charge on any atom is -0.358 e. The fraction of sp³-hybridized carbons (Fsp3) is 0.944. The summed E-state index contributed by atoms with van der Waals surface area (Å²) in [6, 6.07) is 0. The van der Waals surface area contributed by atoms with Crippen LogP contribution < -0.4 is 5.32 Å². The molecule has 23 heavy (non-hydrogen) atoms. The van der Waals surface area contributed by atoms with Crippen molar-refractivity contribution in [1.82, 2.24) is 10.4 Å². The molecule has 0 atom stereocenters. The summed E-state index contributed by atoms with van der Waals surface area (Å²) in [5, 5.41) is 5.06. The summed E-state index contributed by atoms with van der Waals surface area (Å²) in [6.07, 6.45) is 1.25. The van der Waals surface area contributed by atoms with Gasteiger partial charge in [-0.1, -0.05) is 20.8 Å². The average Bonchev–Trinajstić information content (AvgIpc) is 2.36. The van der Waals surface area contributed by atoms with E-state index in [1.54, 1.807) is 5.06 Å². The summed E-state index contributed by atoms with van der Waals surface area (Å²) in [5.41, 5.74) is -0.530. The molecule has 0 fully saturated rings. The molecule has 0 aliphatic rings. The molecule has 0 radical (unpaired) electrons. The van der Waals surface area contributed by atoms with E-state index in [2.05, 4.69) is 26.1 Å². The highest BCUT2D eigenvalue weighted by atomic mass is 16.7. The Morgan fingerprint density at radius 3 is 2.09 bits per heavy atom. The SMILES string of the molecule is CN(COC(C)(C)CCC(=O)C(C)(C)C)OCCNC(C)(C)C. The molecule has 0 rings (SSSR count). The van der Waals surface area contributed by atoms with Gasteiger partial charge < -0.3 is 10.1 Å². The van der Waals surface area contributed by atoms with Gasteiger partial charge in [0.2, 0.25) is 0 Å². The number of ketones is 1. The maximum absolute atomic E-state index is 12.0. The van der Waals surface area contributed by atoms with E-state index in [4.69, 9.17) is 9.57 Å². The Bertz CT molecular complexity index is 354. The molecule has 0 saturated heterocycles. The van der Waals surface area contributed by atoms with Crippen LogP contribution in [-0.2, 0) is 14.4 Å². The second kappa shape index (κ2) is 9.11. The van der Waals surface area contributed by atoms with Crippen LogP contribution in [0.2, 0.25) is 0 Å². The summed E-state index contributed by atoms with van der Waals surface area (Å²) in [5.74, 6) is 0.270. The van der Waals surface area contributed by atoms with E-state index in [-0.39, 0.29) is 22.3 Å². The number of hydrogen-bond donors (Lipinski definition) is 1. The monoisotopic (exact) mass is 330 g/mol. The van der Waals surface area contributed by atoms with Gasteiger partial charge in [0.25, 0.3) is 0 Å². The van der Waals surface area contributed by atoms with Crippen LogP contribution >= 0.6 is 0 Å². The Balaban J connectivity index is 3.97. The largest absolute Gasteiger partial charge is 0.358 e. The molecule has 0 aromatic heterocycles. The summed E-state index contributed by atoms with van der Waals surface area (Å²) >= 11 is 0. The summed E-state index contributed by atoms with van der Waals surface area (Å²) in [4.78, 5) is 17.6. The molecule has 0 spiro atoms. The van der Waals surface area contributed by atoms with Gasteiger partial charge in [-0.25, -0.2) is 0 Å². The van der Waals surface area contributed by atoms with Crippen LogP contribution in [-0.4, -0.2) is 48.9 Å². The predicted molar refractivity (Wildman–Crippen MR) is 95.2 cm³/mol. The quantitative estimate of drug-likeness (QED) is 0.378. The van der Waals surface area contributed by atoms with Crippen molar-refractivity contribution in [1.29, 1.82) is 0 Å². The topological polar surface area (TPSA) is 50.8 Å². The van der Waals surface area contributed by atoms with Crippen LogP contribution in [0.1, 0.15) is 68.2 Å². The first kappa shape index (κ1) is 22.5. The Hall–Kier alpha value is -0.490. The lowest BCUT2D eigenvalue weighted by Gasteiger charge is -2.29. The first-order valence-corrected chi connectivity index (χ1v) is 8.49. The van der Waals surface area contributed by atoms with Crippen LogP contribution in [0.4, 0.5) is 0 Å². The Labute approximate surface area is 143 Å². The van der Waals surface area contributed by atoms with E-state index in [0.29, 0.717) is 26.2 Å². The lowest BCUT2D eigenvalue weighted by molar-refractivity contribution is -0.215. The number of carbonyl (C=O) groups is 1. The normalized spacial score (nSPS) is 13.7. The van der Waals surface area contributed by atoms with Gasteiger partial charge in [-0.15, -0.1) is 0 Å². The van der Waals surface area contributed by atoms with Gasteiger partial charge in [0.15, 0.2) is 0 Å². The number of ether oxygens (including phenoxy) is 1. The Morgan fingerprint density at radius 1 is 1.04 bits per heavy atom. The van der Waals surface area contributed by atoms with Gasteiger partial charge in [-0.3, -0.25) is 9.63 Å². The average molecular weight is 331 g/mol. The van der Waals surface area contributed by atoms with Crippen molar-refractivity contribution in [3.05, 3.63) is 0 Å². The van der Waals surface area contributed by atoms with Crippen molar-refractivity contribution in [3.8, 4) is 0 Å². The number of Topliss-reactive ketones (excluding diaryl/α,β-unsaturated/α-hetero) is 1. The number of hydrogen-bond acceptors (Lipinski definition) is 5. The molecule has 5 nitrogen and oxygen atoms in total. The third-order valence-electron chi connectivity index (χ3n) is 3.50. The maximum Gasteiger partial charge on any atom is 0.138 e. The van der Waals surface area contributed by atoms with E-state index in [1.165, 1.54) is 0 Å². The number of nitrogens with one attached hydrogen (secondary N) is 1. The van der Waals surface area contributed by atoms with Gasteiger partial charge in [-0.05, 0) is 41.0 Å². The van der Waals surface area contributed by atoms with E-state index in [0.717, 1.165) is 6.54 Å². The van der Waals surface area contributed by atoms with E-state index in [1.807, 2.05) is 41.7 Å². The Kier molecular flexibility index (Phi) is 8.92. The van der Waals surface area contributed by atoms with Gasteiger partial charge in [0, 0.05) is 31.0 Å². The zero-order valence-corrected chi connectivity index (χ0v) is 16.7. The third kappa shape index (κ3) is 12.6. The molecule has 5 heteroatoms. The maximum atomic E-state index is 12.0. The standard InChI is InChI=1S/C18H38N2O3/c1-16(2,3)15(21)10-11-18(7,8)22-14-20(9)23-13-12-19-17(4,5)6/h19H,10-14H2,1-9H3. The van der Waals surface area contributed by atoms with Crippen molar-refractivity contribution in [2.24, 2.45) is 5.41 Å². The molecular formula is C18H38N2O3. The van der Waals surface area contributed by atoms with E-state index in [9.17, 15) is 4.79 Å². The third-order valence-corrected chi connectivity index (χ3v) is 3.50. The molecule has 138 valence electrons. The van der Waals surface area contributed by atoms with Crippen molar-refractivity contribution < 1.29 is 14.4 Å². The predicted octanol–water partition coefficient (Wildman–Crippen LogP) is 3.39. The molecule has 1 N–H and O–H groups in total. The van der Waals surface area contributed by atoms with Gasteiger partial charge in [0.05, 0.1) is 12.2 Å². The molecule has 0 heterocycles. The van der Waals surface area contributed by atoms with Crippen molar-refractivity contribution >= 4 is 5.78 Å². The molecule has 0 unspecified atom stereocenters. The van der Waals surface area contributed by atoms with E-state index < -0.39 is 0 Å². The smallest absolute Gasteiger partial charge is 0.138 e. The van der Waals surface area contributed by atoms with Crippen molar-refractivity contribution in [2.75, 3.05) is 26.9 Å². The van der Waals surface area contributed by atoms with E-state index >= 15 is 0 Å². The molecule has 0 amide bonds. The van der Waals surface area contributed by atoms with Crippen LogP contribution in [0, 0.1) is 5.41 Å². The minimum atomic E-state index is -0.345. The van der Waals surface area contributed by atoms with Crippen LogP contribution in [0.5, 0.6) is 0 Å². The highest BCUT2D eigenvalue weighted by molar-refractivity contribution is 5.83. The molecule has 0 bridgehead atoms. The highest BCUT2D eigenvalue weighted by Gasteiger charge is 2.26. The molecule has 0 aromatic carbocycles. The minimum absolute atomic E-state index is 0.0972. The lowest BCUT2D eigenvalue weighted by Crippen LogP contribution is -2.39. The van der Waals surface area contributed by atoms with Crippen LogP contribution in [0.15, 0.2) is 0 Å². The first-order chi connectivity index (χ1) is 10.2. The van der Waals surface area contributed by atoms with Gasteiger partial charge >= 0.3 is 0 Å². The number of hydroxylamine groups is 2. The molecule has 0 aliphatic heterocycles. The first-order valence-electron chi connectivity index (χ1n) is 8.49. The molecule has 0 aliphatic carbocycles. The van der Waals surface area contributed by atoms with Crippen molar-refractivity contribution in [3.63, 3.8) is 0 Å². The second-order valence-electron chi connectivity index (χ2n) is 8.84. The zero-order valence-electron chi connectivity index (χ0n) is 16.7. The Morgan fingerprint density at radius 2 is 1.61 bits per heavy atom. The summed E-state index contributed by atoms with van der Waals surface area (Å²) in [6.45, 7) is 18.0. The molecule has 0 aromatic rings. The zero-order chi connectivity index (χ0) is 18.3. The molecular weight excluding hydrogens is 292 g/mol. The van der Waals surface area contributed by atoms with Gasteiger partial charge in [0.1, 0.15) is 12.5 Å². The van der Waals surface area contributed by atoms with Crippen molar-refractivity contribution in [2.45, 2.75) is 79.4 Å². The number of rotatable bonds is 10. The summed E-state index contributed by atoms with van der Waals surface area (Å²) < 4.78 is 5.88. The fourth-order valence-corrected chi connectivity index (χ4v) is 1.79. The lowest BCUT2D eigenvalue weighted by atomic mass is 9.86. The second-order valence-corrected chi connectivity index (χ2v) is 8.84. The van der Waals surface area contributed by atoms with Crippen LogP contribution in [0.25, 0.3) is 0 Å². The van der Waals surface area contributed by atoms with Gasteiger partial charge in [-0.2, -0.15) is 5.06 Å².